The van der Waals surface area contributed by atoms with E-state index in [1.807, 2.05) is 13.1 Å². The van der Waals surface area contributed by atoms with E-state index in [9.17, 15) is 0 Å². The van der Waals surface area contributed by atoms with Crippen LogP contribution in [0.2, 0.25) is 0 Å². The molecular formula is C12H19BrN2O. The van der Waals surface area contributed by atoms with Gasteiger partial charge in [0, 0.05) is 25.9 Å². The van der Waals surface area contributed by atoms with Crippen molar-refractivity contribution in [3.63, 3.8) is 0 Å². The fourth-order valence-corrected chi connectivity index (χ4v) is 2.23. The molecule has 0 atom stereocenters. The Morgan fingerprint density at radius 1 is 1.50 bits per heavy atom. The van der Waals surface area contributed by atoms with E-state index < -0.39 is 0 Å². The normalized spacial score (nSPS) is 10.9. The molecule has 4 heteroatoms. The Bertz CT molecular complexity index is 342. The van der Waals surface area contributed by atoms with E-state index in [1.165, 1.54) is 0 Å². The first-order valence-corrected chi connectivity index (χ1v) is 6.23. The molecule has 0 amide bonds. The molecule has 0 aliphatic rings. The topological polar surface area (TPSA) is 25.4 Å². The number of aryl methyl sites for hydroxylation is 1. The van der Waals surface area contributed by atoms with Crippen LogP contribution in [0.5, 0.6) is 0 Å². The van der Waals surface area contributed by atoms with Crippen LogP contribution in [0.25, 0.3) is 0 Å². The van der Waals surface area contributed by atoms with E-state index in [4.69, 9.17) is 4.74 Å². The highest BCUT2D eigenvalue weighted by atomic mass is 79.9. The maximum absolute atomic E-state index is 5.12. The summed E-state index contributed by atoms with van der Waals surface area (Å²) in [6, 6.07) is 2.49. The first-order valence-electron chi connectivity index (χ1n) is 5.44. The van der Waals surface area contributed by atoms with Crippen molar-refractivity contribution in [1.29, 1.82) is 0 Å². The monoisotopic (exact) mass is 286 g/mol. The first kappa shape index (κ1) is 13.5. The van der Waals surface area contributed by atoms with Gasteiger partial charge in [-0.1, -0.05) is 0 Å². The lowest BCUT2D eigenvalue weighted by molar-refractivity contribution is 0.203. The van der Waals surface area contributed by atoms with E-state index in [0.717, 1.165) is 22.4 Å². The average molecular weight is 287 g/mol. The van der Waals surface area contributed by atoms with Crippen molar-refractivity contribution in [2.75, 3.05) is 25.2 Å². The fourth-order valence-electron chi connectivity index (χ4n) is 1.54. The van der Waals surface area contributed by atoms with Gasteiger partial charge in [0.15, 0.2) is 0 Å². The number of aromatic nitrogens is 1. The Morgan fingerprint density at radius 2 is 2.19 bits per heavy atom. The first-order chi connectivity index (χ1) is 7.56. The summed E-state index contributed by atoms with van der Waals surface area (Å²) in [5.74, 6) is 0.984. The molecule has 0 aliphatic heterocycles. The molecule has 3 nitrogen and oxygen atoms in total. The molecule has 1 aromatic heterocycles. The second-order valence-electron chi connectivity index (χ2n) is 4.10. The Balaban J connectivity index is 2.92. The lowest BCUT2D eigenvalue weighted by Gasteiger charge is -2.28. The van der Waals surface area contributed by atoms with Crippen LogP contribution in [-0.2, 0) is 4.74 Å². The number of methoxy groups -OCH3 is 1. The number of hydrogen-bond acceptors (Lipinski definition) is 3. The SMILES string of the molecule is COCCN(c1ncc(C)cc1Br)C(C)C. The minimum Gasteiger partial charge on any atom is -0.383 e. The molecule has 90 valence electrons. The van der Waals surface area contributed by atoms with Crippen molar-refractivity contribution < 1.29 is 4.74 Å². The number of nitrogens with zero attached hydrogens (tertiary/aromatic N) is 2. The molecule has 0 saturated carbocycles. The predicted molar refractivity (Wildman–Crippen MR) is 71.0 cm³/mol. The summed E-state index contributed by atoms with van der Waals surface area (Å²) in [4.78, 5) is 6.70. The molecule has 0 N–H and O–H groups in total. The van der Waals surface area contributed by atoms with Gasteiger partial charge in [-0.3, -0.25) is 0 Å². The molecule has 1 aromatic rings. The van der Waals surface area contributed by atoms with Crippen LogP contribution >= 0.6 is 15.9 Å². The summed E-state index contributed by atoms with van der Waals surface area (Å²) in [5, 5.41) is 0. The van der Waals surface area contributed by atoms with Gasteiger partial charge in [-0.2, -0.15) is 0 Å². The standard InChI is InChI=1S/C12H19BrN2O/c1-9(2)15(5-6-16-4)12-11(13)7-10(3)8-14-12/h7-9H,5-6H2,1-4H3. The van der Waals surface area contributed by atoms with Crippen LogP contribution in [0.1, 0.15) is 19.4 Å². The van der Waals surface area contributed by atoms with Crippen molar-refractivity contribution in [1.82, 2.24) is 4.98 Å². The number of hydrogen-bond donors (Lipinski definition) is 0. The Hall–Kier alpha value is -0.610. The Morgan fingerprint density at radius 3 is 2.69 bits per heavy atom. The van der Waals surface area contributed by atoms with Crippen LogP contribution in [0.3, 0.4) is 0 Å². The van der Waals surface area contributed by atoms with Crippen molar-refractivity contribution in [3.05, 3.63) is 22.3 Å². The molecule has 0 bridgehead atoms. The molecule has 0 aromatic carbocycles. The van der Waals surface area contributed by atoms with Crippen molar-refractivity contribution in [2.24, 2.45) is 0 Å². The van der Waals surface area contributed by atoms with Gasteiger partial charge in [-0.15, -0.1) is 0 Å². The largest absolute Gasteiger partial charge is 0.383 e. The van der Waals surface area contributed by atoms with Crippen LogP contribution in [0.15, 0.2) is 16.7 Å². The van der Waals surface area contributed by atoms with E-state index in [0.29, 0.717) is 12.6 Å². The van der Waals surface area contributed by atoms with Gasteiger partial charge in [-0.25, -0.2) is 4.98 Å². The van der Waals surface area contributed by atoms with Gasteiger partial charge in [0.25, 0.3) is 0 Å². The van der Waals surface area contributed by atoms with Crippen molar-refractivity contribution >= 4 is 21.7 Å². The lowest BCUT2D eigenvalue weighted by atomic mass is 10.2. The zero-order valence-corrected chi connectivity index (χ0v) is 11.9. The molecule has 0 aliphatic carbocycles. The smallest absolute Gasteiger partial charge is 0.143 e. The minimum atomic E-state index is 0.404. The third kappa shape index (κ3) is 3.46. The predicted octanol–water partition coefficient (Wildman–Crippen LogP) is 3.01. The molecule has 1 heterocycles. The van der Waals surface area contributed by atoms with Gasteiger partial charge in [0.1, 0.15) is 5.82 Å². The lowest BCUT2D eigenvalue weighted by Crippen LogP contribution is -2.34. The van der Waals surface area contributed by atoms with Gasteiger partial charge < -0.3 is 9.64 Å². The van der Waals surface area contributed by atoms with Gasteiger partial charge >= 0.3 is 0 Å². The molecule has 1 rings (SSSR count). The molecule has 0 saturated heterocycles. The highest BCUT2D eigenvalue weighted by Gasteiger charge is 2.14. The zero-order chi connectivity index (χ0) is 12.1. The Labute approximate surface area is 106 Å². The van der Waals surface area contributed by atoms with E-state index >= 15 is 0 Å². The number of anilines is 1. The third-order valence-electron chi connectivity index (χ3n) is 2.39. The van der Waals surface area contributed by atoms with E-state index in [-0.39, 0.29) is 0 Å². The fraction of sp³-hybridized carbons (Fsp3) is 0.583. The summed E-state index contributed by atoms with van der Waals surface area (Å²) in [6.07, 6.45) is 1.89. The van der Waals surface area contributed by atoms with Crippen molar-refractivity contribution in [2.45, 2.75) is 26.8 Å². The van der Waals surface area contributed by atoms with Gasteiger partial charge in [0.05, 0.1) is 11.1 Å². The number of rotatable bonds is 5. The minimum absolute atomic E-state index is 0.404. The summed E-state index contributed by atoms with van der Waals surface area (Å²) in [7, 11) is 1.72. The molecule has 16 heavy (non-hydrogen) atoms. The molecule has 0 unspecified atom stereocenters. The van der Waals surface area contributed by atoms with Crippen LogP contribution in [0.4, 0.5) is 5.82 Å². The van der Waals surface area contributed by atoms with E-state index in [1.54, 1.807) is 7.11 Å². The van der Waals surface area contributed by atoms with Gasteiger partial charge in [0.2, 0.25) is 0 Å². The molecule has 0 spiro atoms. The Kier molecular flexibility index (Phi) is 5.22. The summed E-state index contributed by atoms with van der Waals surface area (Å²) < 4.78 is 6.16. The highest BCUT2D eigenvalue weighted by Crippen LogP contribution is 2.25. The number of halogens is 1. The summed E-state index contributed by atoms with van der Waals surface area (Å²) in [6.45, 7) is 7.91. The maximum Gasteiger partial charge on any atom is 0.143 e. The second kappa shape index (κ2) is 6.21. The zero-order valence-electron chi connectivity index (χ0n) is 10.3. The van der Waals surface area contributed by atoms with Crippen LogP contribution in [0, 0.1) is 6.92 Å². The van der Waals surface area contributed by atoms with E-state index in [2.05, 4.69) is 45.7 Å². The molecular weight excluding hydrogens is 268 g/mol. The third-order valence-corrected chi connectivity index (χ3v) is 2.97. The summed E-state index contributed by atoms with van der Waals surface area (Å²) >= 11 is 3.56. The summed E-state index contributed by atoms with van der Waals surface area (Å²) in [5.41, 5.74) is 1.16. The number of pyridine rings is 1. The average Bonchev–Trinajstić information content (AvgIpc) is 2.20. The second-order valence-corrected chi connectivity index (χ2v) is 4.95. The van der Waals surface area contributed by atoms with Crippen molar-refractivity contribution in [3.8, 4) is 0 Å². The quantitative estimate of drug-likeness (QED) is 0.832. The maximum atomic E-state index is 5.12. The molecule has 0 fully saturated rings. The molecule has 0 radical (unpaired) electrons. The highest BCUT2D eigenvalue weighted by molar-refractivity contribution is 9.10. The van der Waals surface area contributed by atoms with Crippen LogP contribution < -0.4 is 4.90 Å². The van der Waals surface area contributed by atoms with Gasteiger partial charge in [-0.05, 0) is 48.3 Å². The number of ether oxygens (including phenoxy) is 1. The van der Waals surface area contributed by atoms with Crippen LogP contribution in [-0.4, -0.2) is 31.3 Å².